The van der Waals surface area contributed by atoms with Crippen LogP contribution in [0.5, 0.6) is 0 Å². The van der Waals surface area contributed by atoms with Crippen molar-refractivity contribution in [2.45, 2.75) is 77.1 Å². The first kappa shape index (κ1) is 29.9. The van der Waals surface area contributed by atoms with Crippen molar-refractivity contribution >= 4 is 29.3 Å². The standard InChI is InChI=1S/C29H34F3N5O4/c1-15(26(38)36-22-9-8-21-18(22)6-10-24(33)35-21)34-27(39)23-14-17(11-12-37(23)28(40)41-29(2,3)4)16-5-7-20(30)19(13-16)25(31)32/h5-7,10,13-15,22-23,25H,8-9,11-12H2,1-4H3,(H2,33,35)(H,34,39)(H,36,38)/t15-,22+,23?/m0/s1. The number of aromatic nitrogens is 1. The van der Waals surface area contributed by atoms with Gasteiger partial charge in [-0.15, -0.1) is 0 Å². The summed E-state index contributed by atoms with van der Waals surface area (Å²) in [5.41, 5.74) is 6.64. The molecule has 1 aliphatic heterocycles. The number of pyridine rings is 1. The van der Waals surface area contributed by atoms with Crippen molar-refractivity contribution in [2.24, 2.45) is 0 Å². The van der Waals surface area contributed by atoms with Crippen LogP contribution in [0.15, 0.2) is 36.4 Å². The van der Waals surface area contributed by atoms with Crippen LogP contribution in [0.4, 0.5) is 23.8 Å². The summed E-state index contributed by atoms with van der Waals surface area (Å²) in [6, 6.07) is 4.37. The minimum Gasteiger partial charge on any atom is -0.444 e. The molecule has 3 atom stereocenters. The molecular weight excluding hydrogens is 539 g/mol. The predicted molar refractivity (Wildman–Crippen MR) is 146 cm³/mol. The molecule has 4 N–H and O–H groups in total. The second kappa shape index (κ2) is 11.8. The zero-order valence-corrected chi connectivity index (χ0v) is 23.3. The van der Waals surface area contributed by atoms with Crippen molar-refractivity contribution in [3.05, 3.63) is 64.6 Å². The van der Waals surface area contributed by atoms with Crippen LogP contribution in [0, 0.1) is 5.82 Å². The largest absolute Gasteiger partial charge is 0.444 e. The lowest BCUT2D eigenvalue weighted by Crippen LogP contribution is -2.55. The molecule has 2 aromatic rings. The van der Waals surface area contributed by atoms with E-state index >= 15 is 0 Å². The number of carbonyl (C=O) groups is 3. The molecule has 41 heavy (non-hydrogen) atoms. The van der Waals surface area contributed by atoms with Crippen molar-refractivity contribution in [1.29, 1.82) is 0 Å². The Bertz CT molecular complexity index is 1370. The van der Waals surface area contributed by atoms with Gasteiger partial charge in [0.15, 0.2) is 0 Å². The quantitative estimate of drug-likeness (QED) is 0.469. The highest BCUT2D eigenvalue weighted by Gasteiger charge is 2.36. The monoisotopic (exact) mass is 573 g/mol. The van der Waals surface area contributed by atoms with Gasteiger partial charge in [0.1, 0.15) is 29.3 Å². The molecule has 2 heterocycles. The number of halogens is 3. The fourth-order valence-corrected chi connectivity index (χ4v) is 4.93. The molecule has 1 aromatic carbocycles. The molecule has 1 aromatic heterocycles. The normalized spacial score (nSPS) is 19.3. The molecule has 9 nitrogen and oxygen atoms in total. The molecule has 0 fully saturated rings. The van der Waals surface area contributed by atoms with Crippen LogP contribution in [0.25, 0.3) is 5.57 Å². The smallest absolute Gasteiger partial charge is 0.411 e. The van der Waals surface area contributed by atoms with Gasteiger partial charge in [-0.05, 0) is 87.9 Å². The van der Waals surface area contributed by atoms with Gasteiger partial charge in [-0.1, -0.05) is 12.1 Å². The van der Waals surface area contributed by atoms with E-state index in [4.69, 9.17) is 10.5 Å². The number of nitrogens with zero attached hydrogens (tertiary/aromatic N) is 2. The summed E-state index contributed by atoms with van der Waals surface area (Å²) in [5.74, 6) is -1.73. The van der Waals surface area contributed by atoms with E-state index in [9.17, 15) is 27.6 Å². The molecule has 0 saturated carbocycles. The highest BCUT2D eigenvalue weighted by atomic mass is 19.3. The minimum atomic E-state index is -3.02. The first-order chi connectivity index (χ1) is 19.2. The maximum absolute atomic E-state index is 13.9. The van der Waals surface area contributed by atoms with E-state index in [0.29, 0.717) is 29.8 Å². The van der Waals surface area contributed by atoms with E-state index in [1.807, 2.05) is 6.07 Å². The van der Waals surface area contributed by atoms with E-state index in [2.05, 4.69) is 15.6 Å². The number of hydrogen-bond donors (Lipinski definition) is 3. The van der Waals surface area contributed by atoms with Crippen molar-refractivity contribution < 1.29 is 32.3 Å². The van der Waals surface area contributed by atoms with Gasteiger partial charge in [-0.25, -0.2) is 22.9 Å². The Morgan fingerprint density at radius 2 is 1.88 bits per heavy atom. The number of aryl methyl sites for hydroxylation is 1. The third-order valence-corrected chi connectivity index (χ3v) is 6.96. The molecule has 1 aliphatic carbocycles. The molecule has 0 radical (unpaired) electrons. The summed E-state index contributed by atoms with van der Waals surface area (Å²) in [6.07, 6.45) is -0.796. The van der Waals surface area contributed by atoms with Crippen LogP contribution in [0.1, 0.15) is 75.4 Å². The lowest BCUT2D eigenvalue weighted by Gasteiger charge is -2.35. The number of nitrogens with one attached hydrogen (secondary N) is 2. The molecule has 0 spiro atoms. The summed E-state index contributed by atoms with van der Waals surface area (Å²) < 4.78 is 46.0. The average Bonchev–Trinajstić information content (AvgIpc) is 3.28. The second-order valence-corrected chi connectivity index (χ2v) is 11.2. The van der Waals surface area contributed by atoms with E-state index in [1.165, 1.54) is 24.0 Å². The number of nitrogens with two attached hydrogens (primary N) is 1. The Morgan fingerprint density at radius 1 is 1.15 bits per heavy atom. The molecule has 220 valence electrons. The highest BCUT2D eigenvalue weighted by Crippen LogP contribution is 2.32. The predicted octanol–water partition coefficient (Wildman–Crippen LogP) is 4.44. The van der Waals surface area contributed by atoms with E-state index in [-0.39, 0.29) is 19.0 Å². The second-order valence-electron chi connectivity index (χ2n) is 11.2. The number of ether oxygens (including phenoxy) is 1. The van der Waals surface area contributed by atoms with Gasteiger partial charge in [0.2, 0.25) is 11.8 Å². The molecule has 1 unspecified atom stereocenters. The number of alkyl halides is 2. The van der Waals surface area contributed by atoms with Crippen LogP contribution in [-0.4, -0.2) is 52.0 Å². The summed E-state index contributed by atoms with van der Waals surface area (Å²) in [4.78, 5) is 45.0. The van der Waals surface area contributed by atoms with Gasteiger partial charge < -0.3 is 21.1 Å². The van der Waals surface area contributed by atoms with E-state index in [0.717, 1.165) is 23.4 Å². The van der Waals surface area contributed by atoms with Crippen molar-refractivity contribution in [2.75, 3.05) is 12.3 Å². The number of fused-ring (bicyclic) bond motifs is 1. The van der Waals surface area contributed by atoms with Gasteiger partial charge in [-0.3, -0.25) is 14.5 Å². The fourth-order valence-electron chi connectivity index (χ4n) is 4.93. The fraction of sp³-hybridized carbons (Fsp3) is 0.448. The first-order valence-corrected chi connectivity index (χ1v) is 13.4. The van der Waals surface area contributed by atoms with Gasteiger partial charge in [0.05, 0.1) is 11.6 Å². The number of benzene rings is 1. The number of anilines is 1. The Labute approximate surface area is 236 Å². The van der Waals surface area contributed by atoms with Crippen LogP contribution in [0.3, 0.4) is 0 Å². The van der Waals surface area contributed by atoms with Crippen LogP contribution in [0.2, 0.25) is 0 Å². The van der Waals surface area contributed by atoms with Crippen molar-refractivity contribution in [3.8, 4) is 0 Å². The lowest BCUT2D eigenvalue weighted by atomic mass is 9.94. The summed E-state index contributed by atoms with van der Waals surface area (Å²) >= 11 is 0. The molecule has 12 heteroatoms. The lowest BCUT2D eigenvalue weighted by molar-refractivity contribution is -0.131. The van der Waals surface area contributed by atoms with Crippen LogP contribution < -0.4 is 16.4 Å². The van der Waals surface area contributed by atoms with Gasteiger partial charge in [0.25, 0.3) is 6.43 Å². The van der Waals surface area contributed by atoms with Crippen LogP contribution >= 0.6 is 0 Å². The average molecular weight is 574 g/mol. The molecular formula is C29H34F3N5O4. The van der Waals surface area contributed by atoms with E-state index < -0.39 is 53.4 Å². The van der Waals surface area contributed by atoms with Crippen molar-refractivity contribution in [1.82, 2.24) is 20.5 Å². The third kappa shape index (κ3) is 6.98. The maximum Gasteiger partial charge on any atom is 0.411 e. The Morgan fingerprint density at radius 3 is 2.56 bits per heavy atom. The molecule has 0 saturated heterocycles. The zero-order chi connectivity index (χ0) is 30.1. The zero-order valence-electron chi connectivity index (χ0n) is 23.3. The highest BCUT2D eigenvalue weighted by molar-refractivity contribution is 5.94. The topological polar surface area (TPSA) is 127 Å². The molecule has 4 rings (SSSR count). The Kier molecular flexibility index (Phi) is 8.60. The van der Waals surface area contributed by atoms with E-state index in [1.54, 1.807) is 26.8 Å². The van der Waals surface area contributed by atoms with Gasteiger partial charge in [0, 0.05) is 12.2 Å². The number of hydrogen-bond acceptors (Lipinski definition) is 6. The third-order valence-electron chi connectivity index (χ3n) is 6.96. The van der Waals surface area contributed by atoms with Gasteiger partial charge in [-0.2, -0.15) is 0 Å². The Balaban J connectivity index is 1.54. The number of amides is 3. The number of carbonyl (C=O) groups excluding carboxylic acids is 3. The molecule has 3 amide bonds. The molecule has 0 bridgehead atoms. The Hall–Kier alpha value is -4.09. The number of rotatable bonds is 6. The van der Waals surface area contributed by atoms with Gasteiger partial charge >= 0.3 is 6.09 Å². The summed E-state index contributed by atoms with van der Waals surface area (Å²) in [5, 5.41) is 5.58. The SMILES string of the molecule is C[C@H](NC(=O)C1C=C(c2ccc(F)c(C(F)F)c2)CCN1C(=O)OC(C)(C)C)C(=O)N[C@@H]1CCc2nc(N)ccc21. The number of nitrogen functional groups attached to an aromatic ring is 1. The minimum absolute atomic E-state index is 0.0375. The first-order valence-electron chi connectivity index (χ1n) is 13.4. The maximum atomic E-state index is 13.9. The summed E-state index contributed by atoms with van der Waals surface area (Å²) in [7, 11) is 0. The van der Waals surface area contributed by atoms with Crippen LogP contribution in [-0.2, 0) is 20.7 Å². The summed E-state index contributed by atoms with van der Waals surface area (Å²) in [6.45, 7) is 6.62. The van der Waals surface area contributed by atoms with Crippen molar-refractivity contribution in [3.63, 3.8) is 0 Å². The molecule has 2 aliphatic rings.